The molecule has 1 aliphatic heterocycles. The van der Waals surface area contributed by atoms with Gasteiger partial charge >= 0.3 is 0 Å². The van der Waals surface area contributed by atoms with Crippen molar-refractivity contribution in [3.05, 3.63) is 64.8 Å². The fourth-order valence-corrected chi connectivity index (χ4v) is 4.11. The van der Waals surface area contributed by atoms with E-state index in [1.807, 2.05) is 53.4 Å². The number of carbonyl (C=O) groups excluding carboxylic acids is 1. The lowest BCUT2D eigenvalue weighted by Crippen LogP contribution is -2.49. The summed E-state index contributed by atoms with van der Waals surface area (Å²) < 4.78 is 5.93. The average Bonchev–Trinajstić information content (AvgIpc) is 3.31. The zero-order valence-corrected chi connectivity index (χ0v) is 19.4. The number of carbonyl (C=O) groups is 1. The number of hydrogen-bond donors (Lipinski definition) is 1. The Balaban J connectivity index is 1.42. The molecule has 1 N–H and O–H groups in total. The zero-order valence-electron chi connectivity index (χ0n) is 18.6. The van der Waals surface area contributed by atoms with Crippen molar-refractivity contribution in [1.82, 2.24) is 15.1 Å². The first-order valence-electron chi connectivity index (χ1n) is 11.1. The van der Waals surface area contributed by atoms with E-state index in [4.69, 9.17) is 16.3 Å². The van der Waals surface area contributed by atoms with Gasteiger partial charge in [-0.25, -0.2) is 0 Å². The second-order valence-electron chi connectivity index (χ2n) is 8.08. The first-order valence-corrected chi connectivity index (χ1v) is 11.5. The molecule has 1 aromatic heterocycles. The summed E-state index contributed by atoms with van der Waals surface area (Å²) in [6, 6.07) is 15.6. The van der Waals surface area contributed by atoms with E-state index in [-0.39, 0.29) is 5.91 Å². The highest BCUT2D eigenvalue weighted by Crippen LogP contribution is 2.30. The van der Waals surface area contributed by atoms with Gasteiger partial charge in [0.1, 0.15) is 11.4 Å². The van der Waals surface area contributed by atoms with Gasteiger partial charge in [0, 0.05) is 42.5 Å². The van der Waals surface area contributed by atoms with Crippen LogP contribution in [-0.4, -0.2) is 53.8 Å². The number of rotatable bonds is 7. The molecule has 2 aromatic carbocycles. The molecule has 1 aliphatic rings. The molecule has 168 valence electrons. The van der Waals surface area contributed by atoms with Crippen LogP contribution in [0.25, 0.3) is 11.3 Å². The third kappa shape index (κ3) is 4.91. The molecular formula is C25H29ClN4O2. The first-order chi connectivity index (χ1) is 15.6. The highest BCUT2D eigenvalue weighted by molar-refractivity contribution is 6.30. The van der Waals surface area contributed by atoms with Crippen molar-refractivity contribution in [1.29, 1.82) is 0 Å². The maximum absolute atomic E-state index is 13.1. The topological polar surface area (TPSA) is 61.5 Å². The lowest BCUT2D eigenvalue weighted by atomic mass is 10.1. The summed E-state index contributed by atoms with van der Waals surface area (Å²) in [4.78, 5) is 17.2. The predicted octanol–water partition coefficient (Wildman–Crippen LogP) is 5.18. The Morgan fingerprint density at radius 3 is 2.69 bits per heavy atom. The number of nitrogens with one attached hydrogen (secondary N) is 1. The molecule has 2 heterocycles. The maximum Gasteiger partial charge on any atom is 0.272 e. The van der Waals surface area contributed by atoms with Crippen LogP contribution in [-0.2, 0) is 0 Å². The highest BCUT2D eigenvalue weighted by Gasteiger charge is 2.25. The molecule has 3 aromatic rings. The molecule has 0 radical (unpaired) electrons. The van der Waals surface area contributed by atoms with E-state index >= 15 is 0 Å². The minimum absolute atomic E-state index is 0.0319. The van der Waals surface area contributed by atoms with Gasteiger partial charge < -0.3 is 14.5 Å². The van der Waals surface area contributed by atoms with Gasteiger partial charge in [-0.2, -0.15) is 5.10 Å². The Bertz CT molecular complexity index is 1070. The summed E-state index contributed by atoms with van der Waals surface area (Å²) in [6.45, 7) is 7.71. The number of benzene rings is 2. The summed E-state index contributed by atoms with van der Waals surface area (Å²) >= 11 is 6.18. The predicted molar refractivity (Wildman–Crippen MR) is 129 cm³/mol. The van der Waals surface area contributed by atoms with Crippen LogP contribution in [0.1, 0.15) is 35.8 Å². The van der Waals surface area contributed by atoms with Gasteiger partial charge in [0.2, 0.25) is 0 Å². The lowest BCUT2D eigenvalue weighted by molar-refractivity contribution is 0.0741. The fourth-order valence-electron chi connectivity index (χ4n) is 3.94. The van der Waals surface area contributed by atoms with Crippen LogP contribution in [0.15, 0.2) is 48.5 Å². The number of para-hydroxylation sites is 1. The quantitative estimate of drug-likeness (QED) is 0.502. The van der Waals surface area contributed by atoms with Gasteiger partial charge in [-0.3, -0.25) is 9.89 Å². The number of aromatic nitrogens is 2. The first kappa shape index (κ1) is 22.2. The highest BCUT2D eigenvalue weighted by atomic mass is 35.5. The normalized spacial score (nSPS) is 14.0. The minimum Gasteiger partial charge on any atom is -0.493 e. The molecule has 0 unspecified atom stereocenters. The average molecular weight is 453 g/mol. The van der Waals surface area contributed by atoms with E-state index in [0.717, 1.165) is 48.0 Å². The number of ether oxygens (including phenoxy) is 1. The van der Waals surface area contributed by atoms with E-state index in [0.29, 0.717) is 31.1 Å². The maximum atomic E-state index is 13.1. The molecule has 0 saturated carbocycles. The summed E-state index contributed by atoms with van der Waals surface area (Å²) in [7, 11) is 0. The van der Waals surface area contributed by atoms with E-state index in [2.05, 4.69) is 28.9 Å². The molecule has 4 rings (SSSR count). The van der Waals surface area contributed by atoms with E-state index < -0.39 is 0 Å². The van der Waals surface area contributed by atoms with Gasteiger partial charge in [0.25, 0.3) is 5.91 Å². The molecule has 1 saturated heterocycles. The number of nitrogens with zero attached hydrogens (tertiary/aromatic N) is 3. The number of anilines is 1. The van der Waals surface area contributed by atoms with Gasteiger partial charge in [-0.05, 0) is 49.2 Å². The van der Waals surface area contributed by atoms with Crippen LogP contribution in [0, 0.1) is 6.92 Å². The monoisotopic (exact) mass is 452 g/mol. The fraction of sp³-hybridized carbons (Fsp3) is 0.360. The smallest absolute Gasteiger partial charge is 0.272 e. The molecule has 32 heavy (non-hydrogen) atoms. The third-order valence-corrected chi connectivity index (χ3v) is 6.04. The zero-order chi connectivity index (χ0) is 22.5. The summed E-state index contributed by atoms with van der Waals surface area (Å²) in [5, 5.41) is 8.05. The van der Waals surface area contributed by atoms with Gasteiger partial charge in [0.05, 0.1) is 12.3 Å². The lowest BCUT2D eigenvalue weighted by Gasteiger charge is -2.36. The number of H-pyrrole nitrogens is 1. The summed E-state index contributed by atoms with van der Waals surface area (Å²) in [5.41, 5.74) is 4.42. The Morgan fingerprint density at radius 1 is 1.12 bits per heavy atom. The van der Waals surface area contributed by atoms with Crippen LogP contribution in [0.3, 0.4) is 0 Å². The van der Waals surface area contributed by atoms with Crippen molar-refractivity contribution < 1.29 is 9.53 Å². The van der Waals surface area contributed by atoms with E-state index in [9.17, 15) is 4.79 Å². The minimum atomic E-state index is -0.0319. The molecule has 0 spiro atoms. The second kappa shape index (κ2) is 10.1. The molecule has 1 amide bonds. The van der Waals surface area contributed by atoms with Crippen LogP contribution in [0.5, 0.6) is 5.75 Å². The third-order valence-electron chi connectivity index (χ3n) is 5.81. The Hall–Kier alpha value is -2.99. The Labute approximate surface area is 194 Å². The molecule has 6 nitrogen and oxygen atoms in total. The summed E-state index contributed by atoms with van der Waals surface area (Å²) in [6.07, 6.45) is 2.08. The van der Waals surface area contributed by atoms with Crippen LogP contribution in [0.2, 0.25) is 5.02 Å². The number of halogens is 1. The number of piperazine rings is 1. The van der Waals surface area contributed by atoms with Gasteiger partial charge in [0.15, 0.2) is 0 Å². The van der Waals surface area contributed by atoms with E-state index in [1.165, 1.54) is 5.56 Å². The number of amides is 1. The van der Waals surface area contributed by atoms with Crippen molar-refractivity contribution in [2.75, 3.05) is 37.7 Å². The number of aryl methyl sites for hydroxylation is 1. The van der Waals surface area contributed by atoms with Crippen molar-refractivity contribution in [3.63, 3.8) is 0 Å². The van der Waals surface area contributed by atoms with Gasteiger partial charge in [-0.1, -0.05) is 43.1 Å². The van der Waals surface area contributed by atoms with Crippen LogP contribution >= 0.6 is 11.6 Å². The second-order valence-corrected chi connectivity index (χ2v) is 8.51. The Kier molecular flexibility index (Phi) is 7.00. The van der Waals surface area contributed by atoms with Crippen molar-refractivity contribution >= 4 is 23.2 Å². The van der Waals surface area contributed by atoms with Crippen LogP contribution in [0.4, 0.5) is 5.69 Å². The summed E-state index contributed by atoms with van der Waals surface area (Å²) in [5.74, 6) is 0.757. The van der Waals surface area contributed by atoms with Crippen LogP contribution < -0.4 is 9.64 Å². The molecular weight excluding hydrogens is 424 g/mol. The number of unbranched alkanes of at least 4 members (excludes halogenated alkanes) is 1. The van der Waals surface area contributed by atoms with Gasteiger partial charge in [-0.15, -0.1) is 0 Å². The largest absolute Gasteiger partial charge is 0.493 e. The van der Waals surface area contributed by atoms with Crippen molar-refractivity contribution in [3.8, 4) is 17.0 Å². The van der Waals surface area contributed by atoms with Crippen molar-refractivity contribution in [2.24, 2.45) is 0 Å². The van der Waals surface area contributed by atoms with Crippen molar-refractivity contribution in [2.45, 2.75) is 26.7 Å². The molecule has 0 aliphatic carbocycles. The SMILES string of the molecule is CCCCOc1ccccc1-c1cc(C(=O)N2CCN(c3cc(Cl)ccc3C)CC2)[nH]n1. The molecule has 0 bridgehead atoms. The number of aromatic amines is 1. The molecule has 0 atom stereocenters. The molecule has 7 heteroatoms. The number of hydrogen-bond acceptors (Lipinski definition) is 4. The molecule has 1 fully saturated rings. The Morgan fingerprint density at radius 2 is 1.91 bits per heavy atom. The standard InChI is InChI=1S/C25H29ClN4O2/c1-3-4-15-32-24-8-6-5-7-20(24)21-17-22(28-27-21)25(31)30-13-11-29(12-14-30)23-16-19(26)10-9-18(23)2/h5-10,16-17H,3-4,11-15H2,1-2H3,(H,27,28). The van der Waals surface area contributed by atoms with E-state index in [1.54, 1.807) is 0 Å².